The lowest BCUT2D eigenvalue weighted by Crippen LogP contribution is -2.39. The van der Waals surface area contributed by atoms with E-state index in [-0.39, 0.29) is 50.0 Å². The van der Waals surface area contributed by atoms with Crippen LogP contribution in [0, 0.1) is 11.8 Å². The highest BCUT2D eigenvalue weighted by molar-refractivity contribution is 5.33. The lowest BCUT2D eigenvalue weighted by molar-refractivity contribution is -0.142. The molecule has 150 valence electrons. The minimum absolute atomic E-state index is 0.00815. The minimum atomic E-state index is -4.61. The summed E-state index contributed by atoms with van der Waals surface area (Å²) in [5.74, 6) is -1.57. The lowest BCUT2D eigenvalue weighted by atomic mass is 9.95. The fraction of sp³-hybridized carbons (Fsp3) is 0.778. The van der Waals surface area contributed by atoms with Crippen LogP contribution in [0.25, 0.3) is 0 Å². The molecule has 0 aromatic carbocycles. The van der Waals surface area contributed by atoms with Crippen molar-refractivity contribution in [3.63, 3.8) is 0 Å². The van der Waals surface area contributed by atoms with E-state index in [0.29, 0.717) is 11.8 Å². The first kappa shape index (κ1) is 18.8. The third-order valence-electron chi connectivity index (χ3n) is 6.17. The van der Waals surface area contributed by atoms with Crippen molar-refractivity contribution < 1.29 is 22.0 Å². The van der Waals surface area contributed by atoms with Crippen molar-refractivity contribution in [3.05, 3.63) is 17.5 Å². The van der Waals surface area contributed by atoms with Crippen molar-refractivity contribution in [1.29, 1.82) is 0 Å². The maximum Gasteiger partial charge on any atom is 0.433 e. The number of alkyl halides is 5. The van der Waals surface area contributed by atoms with Gasteiger partial charge in [-0.3, -0.25) is 4.90 Å². The summed E-state index contributed by atoms with van der Waals surface area (Å²) < 4.78 is 67.0. The van der Waals surface area contributed by atoms with Gasteiger partial charge >= 0.3 is 6.18 Å². The van der Waals surface area contributed by atoms with Crippen LogP contribution in [0.1, 0.15) is 49.8 Å². The molecule has 2 heterocycles. The molecule has 3 aliphatic rings. The monoisotopic (exact) mass is 390 g/mol. The van der Waals surface area contributed by atoms with E-state index in [0.717, 1.165) is 19.3 Å². The number of anilines is 1. The number of hydrogen-bond acceptors (Lipinski definition) is 4. The molecule has 2 aliphatic carbocycles. The first-order valence-electron chi connectivity index (χ1n) is 9.49. The third-order valence-corrected chi connectivity index (χ3v) is 6.17. The van der Waals surface area contributed by atoms with E-state index in [4.69, 9.17) is 0 Å². The van der Waals surface area contributed by atoms with E-state index in [9.17, 15) is 22.0 Å². The predicted octanol–water partition coefficient (Wildman–Crippen LogP) is 4.33. The Morgan fingerprint density at radius 3 is 2.48 bits per heavy atom. The highest BCUT2D eigenvalue weighted by atomic mass is 19.4. The Morgan fingerprint density at radius 2 is 1.89 bits per heavy atom. The van der Waals surface area contributed by atoms with E-state index in [2.05, 4.69) is 15.3 Å². The zero-order valence-corrected chi connectivity index (χ0v) is 14.9. The number of nitrogens with zero attached hydrogens (tertiary/aromatic N) is 3. The molecule has 0 unspecified atom stereocenters. The minimum Gasteiger partial charge on any atom is -0.351 e. The average molecular weight is 390 g/mol. The van der Waals surface area contributed by atoms with Crippen LogP contribution in [-0.2, 0) is 12.7 Å². The second kappa shape index (κ2) is 6.83. The van der Waals surface area contributed by atoms with Crippen LogP contribution in [-0.4, -0.2) is 39.9 Å². The van der Waals surface area contributed by atoms with Crippen molar-refractivity contribution in [2.24, 2.45) is 11.8 Å². The van der Waals surface area contributed by atoms with Gasteiger partial charge in [0, 0.05) is 50.3 Å². The Hall–Kier alpha value is -1.51. The van der Waals surface area contributed by atoms with Gasteiger partial charge in [0.15, 0.2) is 5.69 Å². The summed E-state index contributed by atoms with van der Waals surface area (Å²) >= 11 is 0. The average Bonchev–Trinajstić information content (AvgIpc) is 3.20. The molecular weight excluding hydrogens is 367 g/mol. The van der Waals surface area contributed by atoms with Gasteiger partial charge < -0.3 is 5.32 Å². The van der Waals surface area contributed by atoms with Gasteiger partial charge in [-0.1, -0.05) is 6.42 Å². The van der Waals surface area contributed by atoms with Crippen LogP contribution < -0.4 is 5.32 Å². The highest BCUT2D eigenvalue weighted by Crippen LogP contribution is 2.45. The molecule has 0 spiro atoms. The maximum atomic E-state index is 13.5. The molecule has 27 heavy (non-hydrogen) atoms. The lowest BCUT2D eigenvalue weighted by Gasteiger charge is -2.32. The molecule has 1 aromatic heterocycles. The van der Waals surface area contributed by atoms with Crippen molar-refractivity contribution in [3.8, 4) is 0 Å². The molecule has 1 N–H and O–H groups in total. The third kappa shape index (κ3) is 4.17. The fourth-order valence-electron chi connectivity index (χ4n) is 4.70. The van der Waals surface area contributed by atoms with Crippen molar-refractivity contribution in [1.82, 2.24) is 14.9 Å². The van der Waals surface area contributed by atoms with Crippen molar-refractivity contribution in [2.75, 3.05) is 18.4 Å². The van der Waals surface area contributed by atoms with E-state index >= 15 is 0 Å². The normalized spacial score (nSPS) is 30.6. The molecule has 1 saturated heterocycles. The number of piperidine rings is 1. The Labute approximate surface area is 154 Å². The predicted molar refractivity (Wildman–Crippen MR) is 89.4 cm³/mol. The van der Waals surface area contributed by atoms with Crippen LogP contribution in [0.4, 0.5) is 27.9 Å². The fourth-order valence-corrected chi connectivity index (χ4v) is 4.70. The Balaban J connectivity index is 1.48. The molecule has 3 fully saturated rings. The van der Waals surface area contributed by atoms with Crippen molar-refractivity contribution in [2.45, 2.75) is 63.2 Å². The maximum absolute atomic E-state index is 13.5. The van der Waals surface area contributed by atoms with Gasteiger partial charge in [0.05, 0.1) is 0 Å². The Bertz CT molecular complexity index is 683. The topological polar surface area (TPSA) is 41.1 Å². The molecule has 0 radical (unpaired) electrons. The summed E-state index contributed by atoms with van der Waals surface area (Å²) in [5, 5.41) is 3.09. The van der Waals surface area contributed by atoms with Crippen LogP contribution in [0.5, 0.6) is 0 Å². The molecular formula is C18H23F5N4. The van der Waals surface area contributed by atoms with Crippen LogP contribution in [0.15, 0.2) is 6.20 Å². The number of likely N-dealkylation sites (tertiary alicyclic amines) is 1. The second-order valence-corrected chi connectivity index (χ2v) is 8.12. The summed E-state index contributed by atoms with van der Waals surface area (Å²) in [6.45, 7) is 0.0597. The van der Waals surface area contributed by atoms with Gasteiger partial charge in [-0.05, 0) is 31.1 Å². The van der Waals surface area contributed by atoms with E-state index in [1.54, 1.807) is 4.90 Å². The SMILES string of the molecule is FC1(F)CCN(Cc2cnc(N[C@@H]3C[C@@H]4CC[C@@H]3C4)nc2C(F)(F)F)CC1. The van der Waals surface area contributed by atoms with Gasteiger partial charge in [-0.15, -0.1) is 0 Å². The van der Waals surface area contributed by atoms with Crippen molar-refractivity contribution >= 4 is 5.95 Å². The summed E-state index contributed by atoms with van der Waals surface area (Å²) in [5.41, 5.74) is -1.04. The quantitative estimate of drug-likeness (QED) is 0.777. The van der Waals surface area contributed by atoms with Gasteiger partial charge in [0.2, 0.25) is 5.95 Å². The summed E-state index contributed by atoms with van der Waals surface area (Å²) in [6, 6.07) is 0.139. The van der Waals surface area contributed by atoms with Crippen LogP contribution in [0.3, 0.4) is 0 Å². The molecule has 4 rings (SSSR count). The number of halogens is 5. The molecule has 0 amide bonds. The molecule has 4 nitrogen and oxygen atoms in total. The Morgan fingerprint density at radius 1 is 1.15 bits per heavy atom. The number of nitrogens with one attached hydrogen (secondary N) is 1. The summed E-state index contributed by atoms with van der Waals surface area (Å²) in [6.07, 6.45) is 0.303. The largest absolute Gasteiger partial charge is 0.433 e. The molecule has 1 aliphatic heterocycles. The van der Waals surface area contributed by atoms with Gasteiger partial charge in [0.1, 0.15) is 0 Å². The standard InChI is InChI=1S/C18H23F5N4/c19-17(20)3-5-27(6-4-17)10-13-9-24-16(26-15(13)18(21,22)23)25-14-8-11-1-2-12(14)7-11/h9,11-12,14H,1-8,10H2,(H,24,25,26)/t11-,12-,14-/m1/s1. The van der Waals surface area contributed by atoms with Gasteiger partial charge in [0.25, 0.3) is 5.92 Å². The zero-order chi connectivity index (χ0) is 19.2. The number of rotatable bonds is 4. The van der Waals surface area contributed by atoms with E-state index in [1.807, 2.05) is 0 Å². The second-order valence-electron chi connectivity index (χ2n) is 8.12. The highest BCUT2D eigenvalue weighted by Gasteiger charge is 2.41. The van der Waals surface area contributed by atoms with E-state index in [1.165, 1.54) is 12.6 Å². The number of hydrogen-bond donors (Lipinski definition) is 1. The molecule has 9 heteroatoms. The van der Waals surface area contributed by atoms with Crippen LogP contribution >= 0.6 is 0 Å². The molecule has 3 atom stereocenters. The van der Waals surface area contributed by atoms with E-state index < -0.39 is 17.8 Å². The number of fused-ring (bicyclic) bond motifs is 2. The smallest absolute Gasteiger partial charge is 0.351 e. The first-order chi connectivity index (χ1) is 12.7. The van der Waals surface area contributed by atoms with Gasteiger partial charge in [-0.25, -0.2) is 18.7 Å². The zero-order valence-electron chi connectivity index (χ0n) is 14.9. The molecule has 1 aromatic rings. The number of aromatic nitrogens is 2. The Kier molecular flexibility index (Phi) is 4.76. The molecule has 2 bridgehead atoms. The first-order valence-corrected chi connectivity index (χ1v) is 9.49. The van der Waals surface area contributed by atoms with Gasteiger partial charge in [-0.2, -0.15) is 13.2 Å². The molecule has 2 saturated carbocycles. The summed E-state index contributed by atoms with van der Waals surface area (Å²) in [7, 11) is 0. The summed E-state index contributed by atoms with van der Waals surface area (Å²) in [4.78, 5) is 9.47. The van der Waals surface area contributed by atoms with Crippen LogP contribution in [0.2, 0.25) is 0 Å².